The smallest absolute Gasteiger partial charge is 0.145 e. The second-order valence-corrected chi connectivity index (χ2v) is 4.63. The summed E-state index contributed by atoms with van der Waals surface area (Å²) in [7, 11) is 0. The van der Waals surface area contributed by atoms with Crippen molar-refractivity contribution in [1.29, 1.82) is 0 Å². The largest absolute Gasteiger partial charge is 0.362 e. The Kier molecular flexibility index (Phi) is 3.29. The van der Waals surface area contributed by atoms with Crippen LogP contribution >= 0.6 is 0 Å². The fourth-order valence-electron chi connectivity index (χ4n) is 2.15. The van der Waals surface area contributed by atoms with Crippen LogP contribution in [0.1, 0.15) is 18.5 Å². The molecule has 0 radical (unpaired) electrons. The molecule has 3 nitrogen and oxygen atoms in total. The first-order valence-electron chi connectivity index (χ1n) is 6.47. The van der Waals surface area contributed by atoms with Gasteiger partial charge in [-0.3, -0.25) is 4.98 Å². The maximum atomic E-state index is 13.7. The molecule has 1 heterocycles. The normalized spacial score (nSPS) is 12.3. The lowest BCUT2D eigenvalue weighted by molar-refractivity contribution is 0.600. The molecule has 1 N–H and O–H groups in total. The maximum Gasteiger partial charge on any atom is 0.145 e. The lowest BCUT2D eigenvalue weighted by atomic mass is 10.1. The van der Waals surface area contributed by atoms with Crippen molar-refractivity contribution in [3.8, 4) is 0 Å². The van der Waals surface area contributed by atoms with Gasteiger partial charge in [0.05, 0.1) is 23.3 Å². The Labute approximate surface area is 116 Å². The SMILES string of the molecule is CC(Nc1cnc2ccccc2n1)c1ccccc1F. The van der Waals surface area contributed by atoms with Crippen LogP contribution < -0.4 is 5.32 Å². The van der Waals surface area contributed by atoms with Crippen molar-refractivity contribution < 1.29 is 4.39 Å². The van der Waals surface area contributed by atoms with Crippen molar-refractivity contribution in [2.24, 2.45) is 0 Å². The summed E-state index contributed by atoms with van der Waals surface area (Å²) in [6, 6.07) is 14.2. The molecule has 0 aliphatic heterocycles. The van der Waals surface area contributed by atoms with Crippen LogP contribution in [0.2, 0.25) is 0 Å². The van der Waals surface area contributed by atoms with Crippen LogP contribution in [0.4, 0.5) is 10.2 Å². The summed E-state index contributed by atoms with van der Waals surface area (Å²) in [6.45, 7) is 1.90. The lowest BCUT2D eigenvalue weighted by Crippen LogP contribution is -2.10. The van der Waals surface area contributed by atoms with E-state index in [1.165, 1.54) is 6.07 Å². The number of halogens is 1. The molecule has 3 aromatic rings. The molecule has 0 saturated carbocycles. The van der Waals surface area contributed by atoms with Crippen LogP contribution in [-0.4, -0.2) is 9.97 Å². The molecule has 0 aliphatic carbocycles. The number of hydrogen-bond donors (Lipinski definition) is 1. The average molecular weight is 267 g/mol. The highest BCUT2D eigenvalue weighted by Gasteiger charge is 2.10. The van der Waals surface area contributed by atoms with Crippen molar-refractivity contribution >= 4 is 16.9 Å². The molecule has 0 aliphatic rings. The third-order valence-corrected chi connectivity index (χ3v) is 3.18. The summed E-state index contributed by atoms with van der Waals surface area (Å²) >= 11 is 0. The van der Waals surface area contributed by atoms with Gasteiger partial charge in [-0.1, -0.05) is 30.3 Å². The topological polar surface area (TPSA) is 37.8 Å². The number of para-hydroxylation sites is 2. The third kappa shape index (κ3) is 2.45. The minimum atomic E-state index is -0.221. The molecule has 1 atom stereocenters. The molecule has 0 amide bonds. The molecular formula is C16H14FN3. The van der Waals surface area contributed by atoms with E-state index in [-0.39, 0.29) is 11.9 Å². The molecule has 0 fully saturated rings. The van der Waals surface area contributed by atoms with E-state index in [0.29, 0.717) is 11.4 Å². The van der Waals surface area contributed by atoms with Gasteiger partial charge in [0.1, 0.15) is 11.6 Å². The summed E-state index contributed by atoms with van der Waals surface area (Å²) < 4.78 is 13.7. The minimum absolute atomic E-state index is 0.174. The second-order valence-electron chi connectivity index (χ2n) is 4.63. The van der Waals surface area contributed by atoms with Crippen LogP contribution in [0.25, 0.3) is 11.0 Å². The quantitative estimate of drug-likeness (QED) is 0.781. The van der Waals surface area contributed by atoms with Crippen molar-refractivity contribution in [1.82, 2.24) is 9.97 Å². The van der Waals surface area contributed by atoms with E-state index in [9.17, 15) is 4.39 Å². The van der Waals surface area contributed by atoms with E-state index in [4.69, 9.17) is 0 Å². The number of aromatic nitrogens is 2. The molecule has 20 heavy (non-hydrogen) atoms. The Morgan fingerprint density at radius 1 is 1.00 bits per heavy atom. The molecule has 3 rings (SSSR count). The van der Waals surface area contributed by atoms with Gasteiger partial charge in [-0.05, 0) is 25.1 Å². The Morgan fingerprint density at radius 2 is 1.70 bits per heavy atom. The van der Waals surface area contributed by atoms with Crippen LogP contribution in [-0.2, 0) is 0 Å². The molecule has 100 valence electrons. The number of rotatable bonds is 3. The van der Waals surface area contributed by atoms with E-state index in [0.717, 1.165) is 11.0 Å². The number of fused-ring (bicyclic) bond motifs is 1. The van der Waals surface area contributed by atoms with Gasteiger partial charge in [0, 0.05) is 5.56 Å². The summed E-state index contributed by atoms with van der Waals surface area (Å²) in [6.07, 6.45) is 1.67. The van der Waals surface area contributed by atoms with Crippen molar-refractivity contribution in [3.05, 3.63) is 66.1 Å². The highest BCUT2D eigenvalue weighted by Crippen LogP contribution is 2.21. The van der Waals surface area contributed by atoms with Gasteiger partial charge >= 0.3 is 0 Å². The van der Waals surface area contributed by atoms with Crippen LogP contribution in [0.3, 0.4) is 0 Å². The number of nitrogens with one attached hydrogen (secondary N) is 1. The first kappa shape index (κ1) is 12.5. The lowest BCUT2D eigenvalue weighted by Gasteiger charge is -2.15. The predicted octanol–water partition coefficient (Wildman–Crippen LogP) is 3.94. The molecule has 2 aromatic carbocycles. The maximum absolute atomic E-state index is 13.7. The number of benzene rings is 2. The summed E-state index contributed by atoms with van der Waals surface area (Å²) in [5.41, 5.74) is 2.28. The minimum Gasteiger partial charge on any atom is -0.362 e. The Hall–Kier alpha value is -2.49. The molecule has 0 spiro atoms. The zero-order chi connectivity index (χ0) is 13.9. The zero-order valence-corrected chi connectivity index (χ0v) is 11.0. The van der Waals surface area contributed by atoms with E-state index in [2.05, 4.69) is 15.3 Å². The van der Waals surface area contributed by atoms with Gasteiger partial charge in [-0.25, -0.2) is 9.37 Å². The standard InChI is InChI=1S/C16H14FN3/c1-11(12-6-2-3-7-13(12)17)19-16-10-18-14-8-4-5-9-15(14)20-16/h2-11H,1H3,(H,19,20). The first-order valence-corrected chi connectivity index (χ1v) is 6.47. The zero-order valence-electron chi connectivity index (χ0n) is 11.0. The predicted molar refractivity (Wildman–Crippen MR) is 78.0 cm³/mol. The highest BCUT2D eigenvalue weighted by molar-refractivity contribution is 5.75. The van der Waals surface area contributed by atoms with E-state index < -0.39 is 0 Å². The van der Waals surface area contributed by atoms with Crippen molar-refractivity contribution in [3.63, 3.8) is 0 Å². The third-order valence-electron chi connectivity index (χ3n) is 3.18. The van der Waals surface area contributed by atoms with Crippen LogP contribution in [0.15, 0.2) is 54.7 Å². The monoisotopic (exact) mass is 267 g/mol. The van der Waals surface area contributed by atoms with E-state index in [1.54, 1.807) is 18.3 Å². The molecule has 1 aromatic heterocycles. The van der Waals surface area contributed by atoms with Crippen molar-refractivity contribution in [2.45, 2.75) is 13.0 Å². The first-order chi connectivity index (χ1) is 9.74. The molecular weight excluding hydrogens is 253 g/mol. The summed E-state index contributed by atoms with van der Waals surface area (Å²) in [5, 5.41) is 3.18. The van der Waals surface area contributed by atoms with Gasteiger partial charge in [-0.2, -0.15) is 0 Å². The van der Waals surface area contributed by atoms with Crippen molar-refractivity contribution in [2.75, 3.05) is 5.32 Å². The number of nitrogens with zero attached hydrogens (tertiary/aromatic N) is 2. The van der Waals surface area contributed by atoms with Gasteiger partial charge < -0.3 is 5.32 Å². The fraction of sp³-hybridized carbons (Fsp3) is 0.125. The fourth-order valence-corrected chi connectivity index (χ4v) is 2.15. The number of hydrogen-bond acceptors (Lipinski definition) is 3. The summed E-state index contributed by atoms with van der Waals surface area (Å²) in [4.78, 5) is 8.81. The van der Waals surface area contributed by atoms with Crippen LogP contribution in [0, 0.1) is 5.82 Å². The van der Waals surface area contributed by atoms with E-state index in [1.807, 2.05) is 37.3 Å². The Morgan fingerprint density at radius 3 is 2.50 bits per heavy atom. The van der Waals surface area contributed by atoms with Gasteiger partial charge in [0.2, 0.25) is 0 Å². The molecule has 0 saturated heterocycles. The highest BCUT2D eigenvalue weighted by atomic mass is 19.1. The van der Waals surface area contributed by atoms with Crippen LogP contribution in [0.5, 0.6) is 0 Å². The molecule has 4 heteroatoms. The molecule has 0 bridgehead atoms. The average Bonchev–Trinajstić information content (AvgIpc) is 2.47. The van der Waals surface area contributed by atoms with Gasteiger partial charge in [-0.15, -0.1) is 0 Å². The van der Waals surface area contributed by atoms with Gasteiger partial charge in [0.25, 0.3) is 0 Å². The van der Waals surface area contributed by atoms with Gasteiger partial charge in [0.15, 0.2) is 0 Å². The Balaban J connectivity index is 1.87. The summed E-state index contributed by atoms with van der Waals surface area (Å²) in [5.74, 6) is 0.417. The second kappa shape index (κ2) is 5.25. The Bertz CT molecular complexity index is 742. The number of anilines is 1. The van der Waals surface area contributed by atoms with E-state index >= 15 is 0 Å². The molecule has 1 unspecified atom stereocenters.